The highest BCUT2D eigenvalue weighted by Crippen LogP contribution is 2.19. The molecule has 2 amide bonds. The molecular formula is C20H23FN2O5. The van der Waals surface area contributed by atoms with Gasteiger partial charge in [0.1, 0.15) is 18.2 Å². The SMILES string of the molecule is Cc1ccoc1C(=O)NC[C@@H]1C[C@H](C(=O)NCCOc2cccc(F)c2)CO1. The van der Waals surface area contributed by atoms with Crippen molar-refractivity contribution in [1.82, 2.24) is 10.6 Å². The summed E-state index contributed by atoms with van der Waals surface area (Å²) in [6, 6.07) is 7.56. The number of carbonyl (C=O) groups excluding carboxylic acids is 2. The number of hydrogen-bond donors (Lipinski definition) is 2. The van der Waals surface area contributed by atoms with Crippen molar-refractivity contribution in [1.29, 1.82) is 0 Å². The van der Waals surface area contributed by atoms with Gasteiger partial charge in [-0.1, -0.05) is 6.07 Å². The van der Waals surface area contributed by atoms with Crippen LogP contribution in [0.1, 0.15) is 22.5 Å². The van der Waals surface area contributed by atoms with Crippen LogP contribution in [0.3, 0.4) is 0 Å². The molecule has 1 aliphatic rings. The average molecular weight is 390 g/mol. The second-order valence-electron chi connectivity index (χ2n) is 6.63. The Labute approximate surface area is 162 Å². The molecule has 0 bridgehead atoms. The number of aryl methyl sites for hydroxylation is 1. The minimum absolute atomic E-state index is 0.126. The molecule has 3 rings (SSSR count). The molecule has 0 spiro atoms. The maximum Gasteiger partial charge on any atom is 0.287 e. The summed E-state index contributed by atoms with van der Waals surface area (Å²) in [6.45, 7) is 2.96. The first-order valence-electron chi connectivity index (χ1n) is 9.13. The average Bonchev–Trinajstić information content (AvgIpc) is 3.32. The monoisotopic (exact) mass is 390 g/mol. The number of hydrogen-bond acceptors (Lipinski definition) is 5. The summed E-state index contributed by atoms with van der Waals surface area (Å²) < 4.78 is 29.2. The predicted molar refractivity (Wildman–Crippen MR) is 98.5 cm³/mol. The standard InChI is InChI=1S/C20H23FN2O5/c1-13-5-7-27-18(13)20(25)23-11-17-9-14(12-28-17)19(24)22-6-8-26-16-4-2-3-15(21)10-16/h2-5,7,10,14,17H,6,8-9,11-12H2,1H3,(H,22,24)(H,23,25)/t14-,17-/m0/s1. The van der Waals surface area contributed by atoms with Gasteiger partial charge < -0.3 is 24.5 Å². The Morgan fingerprint density at radius 1 is 1.29 bits per heavy atom. The zero-order valence-corrected chi connectivity index (χ0v) is 15.6. The summed E-state index contributed by atoms with van der Waals surface area (Å²) in [4.78, 5) is 24.3. The molecule has 0 saturated carbocycles. The van der Waals surface area contributed by atoms with Crippen LogP contribution in [0, 0.1) is 18.7 Å². The van der Waals surface area contributed by atoms with E-state index in [1.807, 2.05) is 0 Å². The van der Waals surface area contributed by atoms with Gasteiger partial charge >= 0.3 is 0 Å². The lowest BCUT2D eigenvalue weighted by Gasteiger charge is -2.11. The number of furan rings is 1. The Bertz CT molecular complexity index is 822. The highest BCUT2D eigenvalue weighted by atomic mass is 19.1. The van der Waals surface area contributed by atoms with Gasteiger partial charge in [0, 0.05) is 18.2 Å². The maximum atomic E-state index is 13.1. The summed E-state index contributed by atoms with van der Waals surface area (Å²) in [6.07, 6.45) is 1.77. The summed E-state index contributed by atoms with van der Waals surface area (Å²) in [5, 5.41) is 5.55. The van der Waals surface area contributed by atoms with Crippen LogP contribution in [-0.2, 0) is 9.53 Å². The van der Waals surface area contributed by atoms with Gasteiger partial charge in [-0.15, -0.1) is 0 Å². The van der Waals surface area contributed by atoms with Crippen LogP contribution in [0.2, 0.25) is 0 Å². The van der Waals surface area contributed by atoms with Crippen molar-refractivity contribution in [2.24, 2.45) is 5.92 Å². The first-order valence-corrected chi connectivity index (χ1v) is 9.13. The lowest BCUT2D eigenvalue weighted by molar-refractivity contribution is -0.125. The Hall–Kier alpha value is -2.87. The van der Waals surface area contributed by atoms with Gasteiger partial charge in [-0.2, -0.15) is 0 Å². The molecule has 2 heterocycles. The molecule has 28 heavy (non-hydrogen) atoms. The van der Waals surface area contributed by atoms with E-state index in [1.54, 1.807) is 25.1 Å². The maximum absolute atomic E-state index is 13.1. The molecule has 1 aliphatic heterocycles. The smallest absolute Gasteiger partial charge is 0.287 e. The van der Waals surface area contributed by atoms with Crippen molar-refractivity contribution in [2.45, 2.75) is 19.4 Å². The highest BCUT2D eigenvalue weighted by Gasteiger charge is 2.31. The number of benzene rings is 1. The van der Waals surface area contributed by atoms with E-state index in [0.717, 1.165) is 5.56 Å². The molecule has 1 aromatic carbocycles. The van der Waals surface area contributed by atoms with Gasteiger partial charge in [-0.05, 0) is 31.5 Å². The third kappa shape index (κ3) is 5.32. The van der Waals surface area contributed by atoms with Gasteiger partial charge in [0.2, 0.25) is 5.91 Å². The lowest BCUT2D eigenvalue weighted by Crippen LogP contribution is -2.35. The van der Waals surface area contributed by atoms with Crippen molar-refractivity contribution in [3.8, 4) is 5.75 Å². The van der Waals surface area contributed by atoms with Crippen LogP contribution in [0.25, 0.3) is 0 Å². The van der Waals surface area contributed by atoms with Gasteiger partial charge in [0.05, 0.1) is 31.4 Å². The van der Waals surface area contributed by atoms with Crippen molar-refractivity contribution in [3.05, 3.63) is 53.7 Å². The molecule has 2 N–H and O–H groups in total. The zero-order chi connectivity index (χ0) is 19.9. The number of carbonyl (C=O) groups is 2. The number of rotatable bonds is 8. The van der Waals surface area contributed by atoms with E-state index in [1.165, 1.54) is 18.4 Å². The topological polar surface area (TPSA) is 89.8 Å². The summed E-state index contributed by atoms with van der Waals surface area (Å²) in [7, 11) is 0. The van der Waals surface area contributed by atoms with Crippen LogP contribution in [0.5, 0.6) is 5.75 Å². The third-order valence-corrected chi connectivity index (χ3v) is 4.48. The molecule has 2 aromatic rings. The van der Waals surface area contributed by atoms with Crippen LogP contribution < -0.4 is 15.4 Å². The third-order valence-electron chi connectivity index (χ3n) is 4.48. The molecule has 2 atom stereocenters. The van der Waals surface area contributed by atoms with E-state index in [2.05, 4.69) is 10.6 Å². The Morgan fingerprint density at radius 2 is 2.14 bits per heavy atom. The van der Waals surface area contributed by atoms with Crippen molar-refractivity contribution in [2.75, 3.05) is 26.3 Å². The molecule has 0 unspecified atom stereocenters. The Morgan fingerprint density at radius 3 is 2.89 bits per heavy atom. The minimum Gasteiger partial charge on any atom is -0.492 e. The summed E-state index contributed by atoms with van der Waals surface area (Å²) >= 11 is 0. The second-order valence-corrected chi connectivity index (χ2v) is 6.63. The second kappa shape index (κ2) is 9.36. The summed E-state index contributed by atoms with van der Waals surface area (Å²) in [5.41, 5.74) is 0.766. The summed E-state index contributed by atoms with van der Waals surface area (Å²) in [5.74, 6) is -0.370. The Kier molecular flexibility index (Phi) is 6.65. The highest BCUT2D eigenvalue weighted by molar-refractivity contribution is 5.92. The van der Waals surface area contributed by atoms with Gasteiger partial charge in [-0.3, -0.25) is 9.59 Å². The van der Waals surface area contributed by atoms with Crippen molar-refractivity contribution in [3.63, 3.8) is 0 Å². The Balaban J connectivity index is 1.33. The molecular weight excluding hydrogens is 367 g/mol. The quantitative estimate of drug-likeness (QED) is 0.674. The largest absolute Gasteiger partial charge is 0.492 e. The molecule has 8 heteroatoms. The molecule has 1 fully saturated rings. The van der Waals surface area contributed by atoms with Crippen LogP contribution in [0.4, 0.5) is 4.39 Å². The van der Waals surface area contributed by atoms with E-state index < -0.39 is 0 Å². The molecule has 150 valence electrons. The van der Waals surface area contributed by atoms with Gasteiger partial charge in [0.15, 0.2) is 5.76 Å². The van der Waals surface area contributed by atoms with Crippen LogP contribution in [-0.4, -0.2) is 44.2 Å². The molecule has 1 aromatic heterocycles. The fraction of sp³-hybridized carbons (Fsp3) is 0.400. The van der Waals surface area contributed by atoms with E-state index in [0.29, 0.717) is 31.9 Å². The molecule has 0 radical (unpaired) electrons. The van der Waals surface area contributed by atoms with Gasteiger partial charge in [-0.25, -0.2) is 4.39 Å². The van der Waals surface area contributed by atoms with E-state index >= 15 is 0 Å². The van der Waals surface area contributed by atoms with Crippen molar-refractivity contribution >= 4 is 11.8 Å². The number of nitrogens with one attached hydrogen (secondary N) is 2. The number of ether oxygens (including phenoxy) is 2. The molecule has 7 nitrogen and oxygen atoms in total. The van der Waals surface area contributed by atoms with Crippen LogP contribution in [0.15, 0.2) is 41.0 Å². The number of halogens is 1. The number of amides is 2. The fourth-order valence-corrected chi connectivity index (χ4v) is 2.97. The first-order chi connectivity index (χ1) is 13.5. The predicted octanol–water partition coefficient (Wildman–Crippen LogP) is 2.06. The van der Waals surface area contributed by atoms with Crippen molar-refractivity contribution < 1.29 is 27.9 Å². The van der Waals surface area contributed by atoms with Crippen LogP contribution >= 0.6 is 0 Å². The molecule has 0 aliphatic carbocycles. The first kappa shape index (κ1) is 19.9. The zero-order valence-electron chi connectivity index (χ0n) is 15.6. The lowest BCUT2D eigenvalue weighted by atomic mass is 10.0. The van der Waals surface area contributed by atoms with E-state index in [-0.39, 0.29) is 42.0 Å². The van der Waals surface area contributed by atoms with E-state index in [9.17, 15) is 14.0 Å². The minimum atomic E-state index is -0.370. The molecule has 1 saturated heterocycles. The van der Waals surface area contributed by atoms with E-state index in [4.69, 9.17) is 13.9 Å². The van der Waals surface area contributed by atoms with Gasteiger partial charge in [0.25, 0.3) is 5.91 Å². The normalized spacial score (nSPS) is 18.6. The fourth-order valence-electron chi connectivity index (χ4n) is 2.97.